The van der Waals surface area contributed by atoms with Gasteiger partial charge in [0.1, 0.15) is 5.56 Å². The molecule has 5 heteroatoms. The van der Waals surface area contributed by atoms with Crippen molar-refractivity contribution in [2.75, 3.05) is 20.2 Å². The van der Waals surface area contributed by atoms with E-state index in [-0.39, 0.29) is 11.9 Å². The third kappa shape index (κ3) is 3.28. The Hall–Kier alpha value is -1.62. The number of nitrogens with one attached hydrogen (secondary N) is 1. The number of nitrogens with zero attached hydrogens (tertiary/aromatic N) is 2. The first-order valence-corrected chi connectivity index (χ1v) is 7.17. The second-order valence-corrected chi connectivity index (χ2v) is 5.40. The molecule has 1 unspecified atom stereocenters. The standard InChI is InChI=1S/C15H23N3O2/c1-11(2)18(10-12-6-4-8-16-12)15(19)13-7-5-9-17-14(13)20-3/h5,7,9,11-12,16H,4,6,8,10H2,1-3H3. The maximum atomic E-state index is 12.7. The molecule has 2 heterocycles. The van der Waals surface area contributed by atoms with Crippen LogP contribution in [0.15, 0.2) is 18.3 Å². The number of methoxy groups -OCH3 is 1. The molecule has 110 valence electrons. The molecule has 1 aliphatic heterocycles. The number of pyridine rings is 1. The molecular formula is C15H23N3O2. The molecule has 1 N–H and O–H groups in total. The zero-order valence-electron chi connectivity index (χ0n) is 12.4. The van der Waals surface area contributed by atoms with Gasteiger partial charge in [-0.25, -0.2) is 4.98 Å². The molecule has 1 aliphatic rings. The molecule has 2 rings (SSSR count). The van der Waals surface area contributed by atoms with Crippen LogP contribution < -0.4 is 10.1 Å². The molecule has 1 atom stereocenters. The zero-order valence-corrected chi connectivity index (χ0v) is 12.4. The van der Waals surface area contributed by atoms with Crippen molar-refractivity contribution in [1.82, 2.24) is 15.2 Å². The Labute approximate surface area is 120 Å². The van der Waals surface area contributed by atoms with Crippen LogP contribution in [0.2, 0.25) is 0 Å². The van der Waals surface area contributed by atoms with Crippen molar-refractivity contribution in [3.05, 3.63) is 23.9 Å². The first-order valence-electron chi connectivity index (χ1n) is 7.17. The number of ether oxygens (including phenoxy) is 1. The summed E-state index contributed by atoms with van der Waals surface area (Å²) >= 11 is 0. The summed E-state index contributed by atoms with van der Waals surface area (Å²) in [4.78, 5) is 18.7. The molecule has 1 saturated heterocycles. The first kappa shape index (κ1) is 14.8. The van der Waals surface area contributed by atoms with E-state index in [2.05, 4.69) is 10.3 Å². The van der Waals surface area contributed by atoms with Gasteiger partial charge in [0.15, 0.2) is 0 Å². The second kappa shape index (κ2) is 6.70. The molecule has 1 fully saturated rings. The third-order valence-corrected chi connectivity index (χ3v) is 3.66. The van der Waals surface area contributed by atoms with Crippen LogP contribution in [0.3, 0.4) is 0 Å². The minimum absolute atomic E-state index is 0.0151. The summed E-state index contributed by atoms with van der Waals surface area (Å²) in [6.07, 6.45) is 3.94. The molecule has 0 aliphatic carbocycles. The van der Waals surface area contributed by atoms with Gasteiger partial charge < -0.3 is 15.0 Å². The van der Waals surface area contributed by atoms with Crippen molar-refractivity contribution >= 4 is 5.91 Å². The number of aromatic nitrogens is 1. The highest BCUT2D eigenvalue weighted by atomic mass is 16.5. The number of carbonyl (C=O) groups excluding carboxylic acids is 1. The molecule has 0 spiro atoms. The van der Waals surface area contributed by atoms with Crippen molar-refractivity contribution in [2.45, 2.75) is 38.8 Å². The van der Waals surface area contributed by atoms with Crippen molar-refractivity contribution < 1.29 is 9.53 Å². The van der Waals surface area contributed by atoms with Gasteiger partial charge in [0, 0.05) is 24.8 Å². The van der Waals surface area contributed by atoms with E-state index in [0.29, 0.717) is 17.5 Å². The molecule has 0 saturated carbocycles. The van der Waals surface area contributed by atoms with E-state index in [1.165, 1.54) is 13.5 Å². The zero-order chi connectivity index (χ0) is 14.5. The highest BCUT2D eigenvalue weighted by Gasteiger charge is 2.26. The minimum atomic E-state index is -0.0151. The van der Waals surface area contributed by atoms with Gasteiger partial charge in [0.25, 0.3) is 5.91 Å². The lowest BCUT2D eigenvalue weighted by molar-refractivity contribution is 0.0685. The monoisotopic (exact) mass is 277 g/mol. The first-order chi connectivity index (χ1) is 9.63. The van der Waals surface area contributed by atoms with Crippen LogP contribution in [-0.2, 0) is 0 Å². The van der Waals surface area contributed by atoms with Gasteiger partial charge >= 0.3 is 0 Å². The van der Waals surface area contributed by atoms with Crippen LogP contribution in [0.4, 0.5) is 0 Å². The van der Waals surface area contributed by atoms with Crippen molar-refractivity contribution in [2.24, 2.45) is 0 Å². The quantitative estimate of drug-likeness (QED) is 0.890. The molecule has 0 aromatic carbocycles. The minimum Gasteiger partial charge on any atom is -0.480 e. The van der Waals surface area contributed by atoms with Gasteiger partial charge in [0.2, 0.25) is 5.88 Å². The maximum absolute atomic E-state index is 12.7. The Kier molecular flexibility index (Phi) is 4.95. The predicted octanol–water partition coefficient (Wildman–Crippen LogP) is 1.69. The highest BCUT2D eigenvalue weighted by molar-refractivity contribution is 5.96. The molecule has 1 aromatic heterocycles. The summed E-state index contributed by atoms with van der Waals surface area (Å²) in [6, 6.07) is 4.08. The van der Waals surface area contributed by atoms with Crippen LogP contribution in [0.5, 0.6) is 5.88 Å². The Morgan fingerprint density at radius 1 is 1.60 bits per heavy atom. The average Bonchev–Trinajstić information content (AvgIpc) is 2.96. The van der Waals surface area contributed by atoms with Gasteiger partial charge in [-0.05, 0) is 45.4 Å². The molecule has 0 radical (unpaired) electrons. The van der Waals surface area contributed by atoms with Gasteiger partial charge in [-0.2, -0.15) is 0 Å². The van der Waals surface area contributed by atoms with Gasteiger partial charge in [-0.15, -0.1) is 0 Å². The van der Waals surface area contributed by atoms with Crippen molar-refractivity contribution in [3.63, 3.8) is 0 Å². The van der Waals surface area contributed by atoms with E-state index < -0.39 is 0 Å². The summed E-state index contributed by atoms with van der Waals surface area (Å²) < 4.78 is 5.19. The Balaban J connectivity index is 2.17. The van der Waals surface area contributed by atoms with Crippen molar-refractivity contribution in [1.29, 1.82) is 0 Å². The summed E-state index contributed by atoms with van der Waals surface area (Å²) in [7, 11) is 1.54. The van der Waals surface area contributed by atoms with Crippen LogP contribution >= 0.6 is 0 Å². The van der Waals surface area contributed by atoms with E-state index in [1.807, 2.05) is 18.7 Å². The van der Waals surface area contributed by atoms with Crippen molar-refractivity contribution in [3.8, 4) is 5.88 Å². The lowest BCUT2D eigenvalue weighted by atomic mass is 10.1. The van der Waals surface area contributed by atoms with E-state index >= 15 is 0 Å². The van der Waals surface area contributed by atoms with E-state index in [4.69, 9.17) is 4.74 Å². The van der Waals surface area contributed by atoms with Crippen LogP contribution in [0, 0.1) is 0 Å². The van der Waals surface area contributed by atoms with Crippen LogP contribution in [-0.4, -0.2) is 48.1 Å². The Morgan fingerprint density at radius 2 is 2.40 bits per heavy atom. The van der Waals surface area contributed by atoms with E-state index in [1.54, 1.807) is 18.3 Å². The lowest BCUT2D eigenvalue weighted by Crippen LogP contribution is -2.44. The molecule has 0 bridgehead atoms. The summed E-state index contributed by atoms with van der Waals surface area (Å²) in [5.74, 6) is 0.376. The number of rotatable bonds is 5. The SMILES string of the molecule is COc1ncccc1C(=O)N(CC1CCCN1)C(C)C. The molecule has 20 heavy (non-hydrogen) atoms. The van der Waals surface area contributed by atoms with E-state index in [0.717, 1.165) is 19.5 Å². The summed E-state index contributed by atoms with van der Waals surface area (Å²) in [5.41, 5.74) is 0.529. The molecular weight excluding hydrogens is 254 g/mol. The van der Waals surface area contributed by atoms with Gasteiger partial charge in [-0.1, -0.05) is 0 Å². The summed E-state index contributed by atoms with van der Waals surface area (Å²) in [5, 5.41) is 3.44. The maximum Gasteiger partial charge on any atom is 0.259 e. The van der Waals surface area contributed by atoms with E-state index in [9.17, 15) is 4.79 Å². The fourth-order valence-corrected chi connectivity index (χ4v) is 2.55. The lowest BCUT2D eigenvalue weighted by Gasteiger charge is -2.29. The highest BCUT2D eigenvalue weighted by Crippen LogP contribution is 2.19. The number of amides is 1. The molecule has 1 aromatic rings. The predicted molar refractivity (Wildman–Crippen MR) is 78.0 cm³/mol. The normalized spacial score (nSPS) is 18.3. The number of hydrogen-bond donors (Lipinski definition) is 1. The number of carbonyl (C=O) groups is 1. The Morgan fingerprint density at radius 3 is 3.00 bits per heavy atom. The average molecular weight is 277 g/mol. The summed E-state index contributed by atoms with van der Waals surface area (Å²) in [6.45, 7) is 5.85. The Bertz CT molecular complexity index is 456. The molecule has 1 amide bonds. The topological polar surface area (TPSA) is 54.5 Å². The second-order valence-electron chi connectivity index (χ2n) is 5.40. The van der Waals surface area contributed by atoms with Gasteiger partial charge in [0.05, 0.1) is 7.11 Å². The van der Waals surface area contributed by atoms with Crippen LogP contribution in [0.1, 0.15) is 37.0 Å². The fourth-order valence-electron chi connectivity index (χ4n) is 2.55. The van der Waals surface area contributed by atoms with Crippen LogP contribution in [0.25, 0.3) is 0 Å². The molecule has 5 nitrogen and oxygen atoms in total. The largest absolute Gasteiger partial charge is 0.480 e. The number of hydrogen-bond acceptors (Lipinski definition) is 4. The smallest absolute Gasteiger partial charge is 0.259 e. The van der Waals surface area contributed by atoms with Gasteiger partial charge in [-0.3, -0.25) is 4.79 Å². The third-order valence-electron chi connectivity index (χ3n) is 3.66. The fraction of sp³-hybridized carbons (Fsp3) is 0.600.